The molecule has 4 rings (SSSR count). The Bertz CT molecular complexity index is 715. The van der Waals surface area contributed by atoms with Gasteiger partial charge in [-0.2, -0.15) is 0 Å². The molecule has 1 aliphatic heterocycles. The molecule has 132 valence electrons. The van der Waals surface area contributed by atoms with Crippen LogP contribution in [0.3, 0.4) is 0 Å². The fraction of sp³-hybridized carbons (Fsp3) is 0.526. The van der Waals surface area contributed by atoms with Gasteiger partial charge in [0.1, 0.15) is 0 Å². The zero-order chi connectivity index (χ0) is 17.6. The number of amides is 2. The Balaban J connectivity index is 1.35. The highest BCUT2D eigenvalue weighted by atomic mass is 16.4. The SMILES string of the molecule is O=C(NC1CC1)c1ccc(C(=O)N2CCC3(CC2)CC3C(=O)O)cc1. The molecular formula is C19H22N2O4. The van der Waals surface area contributed by atoms with E-state index < -0.39 is 5.97 Å². The van der Waals surface area contributed by atoms with Crippen molar-refractivity contribution in [3.05, 3.63) is 35.4 Å². The average molecular weight is 342 g/mol. The monoisotopic (exact) mass is 342 g/mol. The minimum Gasteiger partial charge on any atom is -0.481 e. The molecule has 6 heteroatoms. The van der Waals surface area contributed by atoms with Crippen molar-refractivity contribution in [2.45, 2.75) is 38.1 Å². The molecule has 3 aliphatic rings. The first-order valence-corrected chi connectivity index (χ1v) is 8.91. The Morgan fingerprint density at radius 3 is 2.16 bits per heavy atom. The van der Waals surface area contributed by atoms with Gasteiger partial charge in [-0.3, -0.25) is 14.4 Å². The van der Waals surface area contributed by atoms with Crippen molar-refractivity contribution in [3.63, 3.8) is 0 Å². The second kappa shape index (κ2) is 5.86. The average Bonchev–Trinajstić information content (AvgIpc) is 3.53. The number of carbonyl (C=O) groups is 3. The molecule has 6 nitrogen and oxygen atoms in total. The molecule has 2 N–H and O–H groups in total. The molecule has 0 aromatic heterocycles. The molecule has 0 radical (unpaired) electrons. The Labute approximate surface area is 146 Å². The molecule has 1 saturated heterocycles. The van der Waals surface area contributed by atoms with Crippen LogP contribution in [-0.2, 0) is 4.79 Å². The van der Waals surface area contributed by atoms with Gasteiger partial charge in [0, 0.05) is 30.3 Å². The summed E-state index contributed by atoms with van der Waals surface area (Å²) in [5.74, 6) is -1.07. The smallest absolute Gasteiger partial charge is 0.307 e. The molecule has 2 aliphatic carbocycles. The summed E-state index contributed by atoms with van der Waals surface area (Å²) in [4.78, 5) is 37.5. The van der Waals surface area contributed by atoms with E-state index in [0.29, 0.717) is 30.3 Å². The highest BCUT2D eigenvalue weighted by molar-refractivity contribution is 5.98. The molecule has 1 aromatic rings. The Kier molecular flexibility index (Phi) is 3.78. The van der Waals surface area contributed by atoms with Crippen LogP contribution in [0.4, 0.5) is 0 Å². The molecule has 3 fully saturated rings. The summed E-state index contributed by atoms with van der Waals surface area (Å²) in [6.45, 7) is 1.21. The van der Waals surface area contributed by atoms with Crippen molar-refractivity contribution >= 4 is 17.8 Å². The second-order valence-electron chi connectivity index (χ2n) is 7.57. The van der Waals surface area contributed by atoms with Crippen LogP contribution < -0.4 is 5.32 Å². The molecule has 1 spiro atoms. The first-order valence-electron chi connectivity index (χ1n) is 8.91. The van der Waals surface area contributed by atoms with E-state index in [4.69, 9.17) is 5.11 Å². The summed E-state index contributed by atoms with van der Waals surface area (Å²) < 4.78 is 0. The van der Waals surface area contributed by atoms with E-state index in [1.54, 1.807) is 29.2 Å². The Morgan fingerprint density at radius 1 is 1.04 bits per heavy atom. The van der Waals surface area contributed by atoms with Gasteiger partial charge >= 0.3 is 5.97 Å². The van der Waals surface area contributed by atoms with Crippen molar-refractivity contribution in [1.82, 2.24) is 10.2 Å². The van der Waals surface area contributed by atoms with Crippen LogP contribution in [0, 0.1) is 11.3 Å². The Morgan fingerprint density at radius 2 is 1.64 bits per heavy atom. The number of benzene rings is 1. The number of piperidine rings is 1. The summed E-state index contributed by atoms with van der Waals surface area (Å²) in [5.41, 5.74) is 1.07. The zero-order valence-electron chi connectivity index (χ0n) is 14.0. The highest BCUT2D eigenvalue weighted by Gasteiger charge is 2.59. The van der Waals surface area contributed by atoms with Gasteiger partial charge in [-0.15, -0.1) is 0 Å². The van der Waals surface area contributed by atoms with Crippen LogP contribution in [0.2, 0.25) is 0 Å². The highest BCUT2D eigenvalue weighted by Crippen LogP contribution is 2.59. The molecule has 1 aromatic carbocycles. The van der Waals surface area contributed by atoms with Crippen molar-refractivity contribution in [2.24, 2.45) is 11.3 Å². The fourth-order valence-electron chi connectivity index (χ4n) is 3.85. The van der Waals surface area contributed by atoms with Crippen LogP contribution in [0.5, 0.6) is 0 Å². The maximum Gasteiger partial charge on any atom is 0.307 e. The number of likely N-dealkylation sites (tertiary alicyclic amines) is 1. The molecule has 2 saturated carbocycles. The van der Waals surface area contributed by atoms with Crippen LogP contribution in [0.15, 0.2) is 24.3 Å². The number of carboxylic acids is 1. The van der Waals surface area contributed by atoms with Crippen LogP contribution in [0.25, 0.3) is 0 Å². The van der Waals surface area contributed by atoms with Gasteiger partial charge in [-0.1, -0.05) is 0 Å². The van der Waals surface area contributed by atoms with E-state index in [0.717, 1.165) is 32.1 Å². The van der Waals surface area contributed by atoms with Gasteiger partial charge in [-0.05, 0) is 61.8 Å². The summed E-state index contributed by atoms with van der Waals surface area (Å²) in [7, 11) is 0. The van der Waals surface area contributed by atoms with Crippen molar-refractivity contribution in [1.29, 1.82) is 0 Å². The third-order valence-corrected chi connectivity index (χ3v) is 5.84. The molecule has 1 atom stereocenters. The van der Waals surface area contributed by atoms with Gasteiger partial charge < -0.3 is 15.3 Å². The van der Waals surface area contributed by atoms with E-state index >= 15 is 0 Å². The first kappa shape index (κ1) is 16.1. The number of carbonyl (C=O) groups excluding carboxylic acids is 2. The number of nitrogens with one attached hydrogen (secondary N) is 1. The fourth-order valence-corrected chi connectivity index (χ4v) is 3.85. The van der Waals surface area contributed by atoms with E-state index in [-0.39, 0.29) is 23.1 Å². The van der Waals surface area contributed by atoms with Gasteiger partial charge in [-0.25, -0.2) is 0 Å². The second-order valence-corrected chi connectivity index (χ2v) is 7.57. The summed E-state index contributed by atoms with van der Waals surface area (Å²) in [5, 5.41) is 12.1. The van der Waals surface area contributed by atoms with Gasteiger partial charge in [0.15, 0.2) is 0 Å². The molecule has 25 heavy (non-hydrogen) atoms. The van der Waals surface area contributed by atoms with E-state index in [1.807, 2.05) is 0 Å². The van der Waals surface area contributed by atoms with Gasteiger partial charge in [0.25, 0.3) is 11.8 Å². The molecular weight excluding hydrogens is 320 g/mol. The lowest BCUT2D eigenvalue weighted by molar-refractivity contribution is -0.139. The van der Waals surface area contributed by atoms with Crippen LogP contribution in [-0.4, -0.2) is 46.9 Å². The van der Waals surface area contributed by atoms with Crippen molar-refractivity contribution in [3.8, 4) is 0 Å². The molecule has 2 amide bonds. The summed E-state index contributed by atoms with van der Waals surface area (Å²) in [6.07, 6.45) is 4.35. The van der Waals surface area contributed by atoms with Crippen LogP contribution in [0.1, 0.15) is 52.8 Å². The molecule has 1 heterocycles. The minimum atomic E-state index is -0.708. The standard InChI is InChI=1S/C19H22N2O4/c22-16(20-14-5-6-14)12-1-3-13(4-2-12)17(23)21-9-7-19(8-10-21)11-15(19)18(24)25/h1-4,14-15H,5-11H2,(H,20,22)(H,24,25). The summed E-state index contributed by atoms with van der Waals surface area (Å²) >= 11 is 0. The van der Waals surface area contributed by atoms with E-state index in [1.165, 1.54) is 0 Å². The number of aliphatic carboxylic acids is 1. The number of nitrogens with zero attached hydrogens (tertiary/aromatic N) is 1. The van der Waals surface area contributed by atoms with E-state index in [2.05, 4.69) is 5.32 Å². The maximum atomic E-state index is 12.6. The lowest BCUT2D eigenvalue weighted by atomic mass is 9.90. The molecule has 1 unspecified atom stereocenters. The number of hydrogen-bond donors (Lipinski definition) is 2. The normalized spacial score (nSPS) is 24.0. The molecule has 0 bridgehead atoms. The minimum absolute atomic E-state index is 0.0449. The van der Waals surface area contributed by atoms with E-state index in [9.17, 15) is 14.4 Å². The lowest BCUT2D eigenvalue weighted by Crippen LogP contribution is -2.40. The predicted molar refractivity (Wildman–Crippen MR) is 90.2 cm³/mol. The van der Waals surface area contributed by atoms with Crippen molar-refractivity contribution < 1.29 is 19.5 Å². The summed E-state index contributed by atoms with van der Waals surface area (Å²) in [6, 6.07) is 7.10. The topological polar surface area (TPSA) is 86.7 Å². The number of rotatable bonds is 4. The van der Waals surface area contributed by atoms with Gasteiger partial charge in [0.05, 0.1) is 5.92 Å². The van der Waals surface area contributed by atoms with Crippen LogP contribution >= 0.6 is 0 Å². The maximum absolute atomic E-state index is 12.6. The largest absolute Gasteiger partial charge is 0.481 e. The lowest BCUT2D eigenvalue weighted by Gasteiger charge is -2.32. The zero-order valence-corrected chi connectivity index (χ0v) is 14.0. The predicted octanol–water partition coefficient (Wildman–Crippen LogP) is 1.91. The van der Waals surface area contributed by atoms with Gasteiger partial charge in [0.2, 0.25) is 0 Å². The Hall–Kier alpha value is -2.37. The number of carboxylic acid groups (broad SMARTS) is 1. The quantitative estimate of drug-likeness (QED) is 0.875. The third-order valence-electron chi connectivity index (χ3n) is 5.84. The number of hydrogen-bond acceptors (Lipinski definition) is 3. The first-order chi connectivity index (χ1) is 12.0. The third kappa shape index (κ3) is 3.13. The van der Waals surface area contributed by atoms with Crippen molar-refractivity contribution in [2.75, 3.05) is 13.1 Å².